The number of carbonyl (C=O) groups is 3. The van der Waals surface area contributed by atoms with Crippen LogP contribution in [0, 0.1) is 5.41 Å². The summed E-state index contributed by atoms with van der Waals surface area (Å²) in [5.74, 6) is 0.0597. The molecule has 1 aromatic carbocycles. The molecule has 3 rings (SSSR count). The number of rotatable bonds is 7. The van der Waals surface area contributed by atoms with Crippen LogP contribution in [-0.2, 0) is 22.4 Å². The van der Waals surface area contributed by atoms with Crippen molar-refractivity contribution in [3.63, 3.8) is 0 Å². The van der Waals surface area contributed by atoms with E-state index in [1.54, 1.807) is 30.6 Å². The molecule has 1 aromatic heterocycles. The Bertz CT molecular complexity index is 937. The number of benzene rings is 1. The molecule has 0 unspecified atom stereocenters. The Balaban J connectivity index is 2.02. The number of aryl methyl sites for hydroxylation is 1. The third kappa shape index (κ3) is 3.72. The third-order valence-corrected chi connectivity index (χ3v) is 5.55. The predicted molar refractivity (Wildman–Crippen MR) is 109 cm³/mol. The lowest BCUT2D eigenvalue weighted by Crippen LogP contribution is -2.63. The van der Waals surface area contributed by atoms with Gasteiger partial charge in [-0.3, -0.25) is 24.4 Å². The number of pyridine rings is 1. The zero-order chi connectivity index (χ0) is 21.9. The molecule has 0 atom stereocenters. The highest BCUT2D eigenvalue weighted by Gasteiger charge is 2.54. The predicted octanol–water partition coefficient (Wildman–Crippen LogP) is 2.31. The molecular weight excluding hydrogens is 386 g/mol. The van der Waals surface area contributed by atoms with Gasteiger partial charge in [0.1, 0.15) is 5.41 Å². The first-order valence-electron chi connectivity index (χ1n) is 9.54. The van der Waals surface area contributed by atoms with E-state index in [0.29, 0.717) is 17.9 Å². The van der Waals surface area contributed by atoms with Crippen molar-refractivity contribution >= 4 is 17.8 Å². The van der Waals surface area contributed by atoms with E-state index < -0.39 is 23.3 Å². The largest absolute Gasteiger partial charge is 0.493 e. The normalized spacial score (nSPS) is 16.1. The lowest BCUT2D eigenvalue weighted by molar-refractivity contribution is -0.157. The van der Waals surface area contributed by atoms with Gasteiger partial charge in [0.25, 0.3) is 0 Å². The number of aromatic nitrogens is 1. The van der Waals surface area contributed by atoms with Crippen molar-refractivity contribution in [1.29, 1.82) is 0 Å². The standard InChI is InChI=1S/C22H25N3O5/c1-24-19(26)22(20(27)25(2)21(24)28,10-7-15-8-11-23-12-9-15)14-16-5-6-17(29-3)18(13-16)30-4/h5-6,8-9,11-13H,7,10,14H2,1-4H3. The highest BCUT2D eigenvalue weighted by Crippen LogP contribution is 2.38. The Kier molecular flexibility index (Phi) is 6.05. The van der Waals surface area contributed by atoms with Gasteiger partial charge in [-0.05, 0) is 54.7 Å². The van der Waals surface area contributed by atoms with Gasteiger partial charge in [-0.1, -0.05) is 6.07 Å². The lowest BCUT2D eigenvalue weighted by atomic mass is 9.73. The summed E-state index contributed by atoms with van der Waals surface area (Å²) in [7, 11) is 5.88. The van der Waals surface area contributed by atoms with Gasteiger partial charge in [-0.15, -0.1) is 0 Å². The van der Waals surface area contributed by atoms with E-state index in [2.05, 4.69) is 4.98 Å². The highest BCUT2D eigenvalue weighted by atomic mass is 16.5. The number of imide groups is 2. The highest BCUT2D eigenvalue weighted by molar-refractivity contribution is 6.18. The van der Waals surface area contributed by atoms with Gasteiger partial charge in [-0.25, -0.2) is 4.79 Å². The molecule has 158 valence electrons. The van der Waals surface area contributed by atoms with Crippen LogP contribution in [0.1, 0.15) is 17.5 Å². The average molecular weight is 411 g/mol. The number of amides is 4. The monoisotopic (exact) mass is 411 g/mol. The SMILES string of the molecule is COc1ccc(CC2(CCc3ccncc3)C(=O)N(C)C(=O)N(C)C2=O)cc1OC. The van der Waals surface area contributed by atoms with Crippen molar-refractivity contribution in [3.8, 4) is 11.5 Å². The molecule has 1 saturated heterocycles. The molecule has 4 amide bonds. The molecule has 0 radical (unpaired) electrons. The van der Waals surface area contributed by atoms with Gasteiger partial charge in [0, 0.05) is 26.5 Å². The molecule has 1 fully saturated rings. The Labute approximate surface area is 175 Å². The number of nitrogens with zero attached hydrogens (tertiary/aromatic N) is 3. The van der Waals surface area contributed by atoms with Gasteiger partial charge in [0.15, 0.2) is 11.5 Å². The molecule has 0 aliphatic carbocycles. The fourth-order valence-corrected chi connectivity index (χ4v) is 3.83. The molecule has 1 aliphatic heterocycles. The minimum Gasteiger partial charge on any atom is -0.493 e. The van der Waals surface area contributed by atoms with Crippen LogP contribution in [-0.4, -0.2) is 60.9 Å². The molecule has 8 heteroatoms. The summed E-state index contributed by atoms with van der Waals surface area (Å²) in [6.07, 6.45) is 4.22. The van der Waals surface area contributed by atoms with Crippen LogP contribution in [0.4, 0.5) is 4.79 Å². The first-order valence-corrected chi connectivity index (χ1v) is 9.54. The van der Waals surface area contributed by atoms with E-state index in [-0.39, 0.29) is 12.8 Å². The summed E-state index contributed by atoms with van der Waals surface area (Å²) in [5, 5.41) is 0. The van der Waals surface area contributed by atoms with Crippen LogP contribution in [0.15, 0.2) is 42.7 Å². The van der Waals surface area contributed by atoms with Crippen LogP contribution in [0.25, 0.3) is 0 Å². The van der Waals surface area contributed by atoms with Crippen LogP contribution >= 0.6 is 0 Å². The van der Waals surface area contributed by atoms with E-state index in [1.807, 2.05) is 12.1 Å². The van der Waals surface area contributed by atoms with Crippen molar-refractivity contribution in [1.82, 2.24) is 14.8 Å². The molecule has 0 N–H and O–H groups in total. The quantitative estimate of drug-likeness (QED) is 0.650. The summed E-state index contributed by atoms with van der Waals surface area (Å²) >= 11 is 0. The molecule has 0 spiro atoms. The summed E-state index contributed by atoms with van der Waals surface area (Å²) in [4.78, 5) is 45.0. The Morgan fingerprint density at radius 1 is 0.867 bits per heavy atom. The average Bonchev–Trinajstić information content (AvgIpc) is 2.79. The summed E-state index contributed by atoms with van der Waals surface area (Å²) in [6, 6.07) is 8.36. The summed E-state index contributed by atoms with van der Waals surface area (Å²) < 4.78 is 10.6. The fraction of sp³-hybridized carbons (Fsp3) is 0.364. The number of ether oxygens (including phenoxy) is 2. The van der Waals surface area contributed by atoms with Crippen LogP contribution in [0.5, 0.6) is 11.5 Å². The van der Waals surface area contributed by atoms with E-state index >= 15 is 0 Å². The van der Waals surface area contributed by atoms with Crippen LogP contribution in [0.2, 0.25) is 0 Å². The van der Waals surface area contributed by atoms with E-state index in [4.69, 9.17) is 9.47 Å². The molecular formula is C22H25N3O5. The molecule has 0 bridgehead atoms. The van der Waals surface area contributed by atoms with E-state index in [9.17, 15) is 14.4 Å². The molecule has 0 saturated carbocycles. The minimum absolute atomic E-state index is 0.137. The number of hydrogen-bond donors (Lipinski definition) is 0. The van der Waals surface area contributed by atoms with Gasteiger partial charge in [0.05, 0.1) is 14.2 Å². The van der Waals surface area contributed by atoms with Crippen molar-refractivity contribution in [3.05, 3.63) is 53.9 Å². The van der Waals surface area contributed by atoms with Gasteiger partial charge in [-0.2, -0.15) is 0 Å². The zero-order valence-electron chi connectivity index (χ0n) is 17.5. The topological polar surface area (TPSA) is 89.0 Å². The number of barbiturate groups is 1. The molecule has 1 aliphatic rings. The van der Waals surface area contributed by atoms with Gasteiger partial charge < -0.3 is 9.47 Å². The third-order valence-electron chi connectivity index (χ3n) is 5.55. The fourth-order valence-electron chi connectivity index (χ4n) is 3.83. The molecule has 2 aromatic rings. The van der Waals surface area contributed by atoms with Crippen molar-refractivity contribution in [2.75, 3.05) is 28.3 Å². The molecule has 30 heavy (non-hydrogen) atoms. The zero-order valence-corrected chi connectivity index (χ0v) is 17.5. The van der Waals surface area contributed by atoms with Crippen molar-refractivity contribution in [2.45, 2.75) is 19.3 Å². The van der Waals surface area contributed by atoms with Crippen molar-refractivity contribution < 1.29 is 23.9 Å². The first kappa shape index (κ1) is 21.3. The number of urea groups is 1. The Morgan fingerprint density at radius 3 is 2.03 bits per heavy atom. The van der Waals surface area contributed by atoms with Gasteiger partial charge in [0.2, 0.25) is 11.8 Å². The van der Waals surface area contributed by atoms with Crippen LogP contribution < -0.4 is 9.47 Å². The molecule has 8 nitrogen and oxygen atoms in total. The molecule has 2 heterocycles. The second-order valence-corrected chi connectivity index (χ2v) is 7.31. The summed E-state index contributed by atoms with van der Waals surface area (Å²) in [5.41, 5.74) is 0.292. The minimum atomic E-state index is -1.40. The van der Waals surface area contributed by atoms with E-state index in [1.165, 1.54) is 28.3 Å². The lowest BCUT2D eigenvalue weighted by Gasteiger charge is -2.42. The van der Waals surface area contributed by atoms with Crippen molar-refractivity contribution in [2.24, 2.45) is 5.41 Å². The van der Waals surface area contributed by atoms with E-state index in [0.717, 1.165) is 20.9 Å². The second kappa shape index (κ2) is 8.52. The second-order valence-electron chi connectivity index (χ2n) is 7.31. The maximum Gasteiger partial charge on any atom is 0.332 e. The number of methoxy groups -OCH3 is 2. The smallest absolute Gasteiger partial charge is 0.332 e. The van der Waals surface area contributed by atoms with Gasteiger partial charge >= 0.3 is 6.03 Å². The Morgan fingerprint density at radius 2 is 1.47 bits per heavy atom. The maximum absolute atomic E-state index is 13.3. The van der Waals surface area contributed by atoms with Crippen LogP contribution in [0.3, 0.4) is 0 Å². The maximum atomic E-state index is 13.3. The number of carbonyl (C=O) groups excluding carboxylic acids is 3. The number of hydrogen-bond acceptors (Lipinski definition) is 6. The Hall–Kier alpha value is -3.42. The summed E-state index contributed by atoms with van der Waals surface area (Å²) in [6.45, 7) is 0. The first-order chi connectivity index (χ1) is 14.3.